The van der Waals surface area contributed by atoms with Crippen LogP contribution in [-0.4, -0.2) is 43.5 Å². The maximum absolute atomic E-state index is 13.4. The minimum atomic E-state index is -4.55. The van der Waals surface area contributed by atoms with Crippen molar-refractivity contribution in [1.29, 1.82) is 0 Å². The third kappa shape index (κ3) is 4.08. The maximum atomic E-state index is 13.4. The summed E-state index contributed by atoms with van der Waals surface area (Å²) in [4.78, 5) is 22.5. The zero-order valence-electron chi connectivity index (χ0n) is 15.9. The third-order valence-electron chi connectivity index (χ3n) is 5.27. The molecule has 1 fully saturated rings. The molecule has 0 saturated carbocycles. The van der Waals surface area contributed by atoms with Gasteiger partial charge in [0.15, 0.2) is 5.69 Å². The summed E-state index contributed by atoms with van der Waals surface area (Å²) < 4.78 is 40.8. The fourth-order valence-corrected chi connectivity index (χ4v) is 3.77. The number of rotatable bonds is 3. The van der Waals surface area contributed by atoms with Crippen molar-refractivity contribution in [2.24, 2.45) is 0 Å². The zero-order valence-corrected chi connectivity index (χ0v) is 15.9. The lowest BCUT2D eigenvalue weighted by atomic mass is 9.92. The SMILES string of the molecule is Cc1cccc(CC(=O)N2CCC(c3cc(C(F)(F)F)n4ncnc4n3)CC2)c1. The van der Waals surface area contributed by atoms with E-state index in [-0.39, 0.29) is 17.6 Å². The van der Waals surface area contributed by atoms with E-state index < -0.39 is 11.9 Å². The number of amides is 1. The van der Waals surface area contributed by atoms with Crippen LogP contribution in [0.2, 0.25) is 0 Å². The molecule has 3 heterocycles. The number of nitrogens with zero attached hydrogens (tertiary/aromatic N) is 5. The van der Waals surface area contributed by atoms with Gasteiger partial charge in [-0.2, -0.15) is 27.8 Å². The second kappa shape index (κ2) is 7.46. The number of hydrogen-bond acceptors (Lipinski definition) is 4. The number of aryl methyl sites for hydroxylation is 1. The highest BCUT2D eigenvalue weighted by molar-refractivity contribution is 5.79. The monoisotopic (exact) mass is 403 g/mol. The van der Waals surface area contributed by atoms with Gasteiger partial charge in [-0.05, 0) is 31.4 Å². The zero-order chi connectivity index (χ0) is 20.6. The van der Waals surface area contributed by atoms with Gasteiger partial charge in [-0.25, -0.2) is 4.98 Å². The summed E-state index contributed by atoms with van der Waals surface area (Å²) >= 11 is 0. The van der Waals surface area contributed by atoms with E-state index in [1.165, 1.54) is 0 Å². The molecule has 2 aromatic heterocycles. The van der Waals surface area contributed by atoms with E-state index >= 15 is 0 Å². The van der Waals surface area contributed by atoms with E-state index in [0.29, 0.717) is 42.6 Å². The highest BCUT2D eigenvalue weighted by Gasteiger charge is 2.36. The normalized spacial score (nSPS) is 15.8. The van der Waals surface area contributed by atoms with Crippen LogP contribution in [0.5, 0.6) is 0 Å². The molecule has 6 nitrogen and oxygen atoms in total. The second-order valence-corrected chi connectivity index (χ2v) is 7.36. The Balaban J connectivity index is 1.46. The van der Waals surface area contributed by atoms with Gasteiger partial charge in [0.25, 0.3) is 5.78 Å². The lowest BCUT2D eigenvalue weighted by Crippen LogP contribution is -2.39. The van der Waals surface area contributed by atoms with E-state index in [2.05, 4.69) is 15.1 Å². The summed E-state index contributed by atoms with van der Waals surface area (Å²) in [5.74, 6) is -0.181. The number of carbonyl (C=O) groups is 1. The Morgan fingerprint density at radius 1 is 1.21 bits per heavy atom. The van der Waals surface area contributed by atoms with Gasteiger partial charge in [0.2, 0.25) is 5.91 Å². The topological polar surface area (TPSA) is 63.4 Å². The van der Waals surface area contributed by atoms with Crippen molar-refractivity contribution in [1.82, 2.24) is 24.5 Å². The number of piperidine rings is 1. The molecule has 1 saturated heterocycles. The van der Waals surface area contributed by atoms with Crippen LogP contribution < -0.4 is 0 Å². The van der Waals surface area contributed by atoms with Gasteiger partial charge < -0.3 is 4.90 Å². The highest BCUT2D eigenvalue weighted by atomic mass is 19.4. The Morgan fingerprint density at radius 2 is 1.97 bits per heavy atom. The molecule has 0 radical (unpaired) electrons. The van der Waals surface area contributed by atoms with Gasteiger partial charge in [0.05, 0.1) is 6.42 Å². The molecule has 9 heteroatoms. The molecule has 29 heavy (non-hydrogen) atoms. The van der Waals surface area contributed by atoms with Gasteiger partial charge in [-0.3, -0.25) is 4.79 Å². The molecular formula is C20H20F3N5O. The minimum absolute atomic E-state index is 0.0332. The quantitative estimate of drug-likeness (QED) is 0.673. The van der Waals surface area contributed by atoms with Crippen LogP contribution in [0.1, 0.15) is 41.3 Å². The van der Waals surface area contributed by atoms with Crippen molar-refractivity contribution in [2.45, 2.75) is 38.3 Å². The maximum Gasteiger partial charge on any atom is 0.433 e. The Bertz CT molecular complexity index is 1040. The van der Waals surface area contributed by atoms with Crippen LogP contribution in [0.3, 0.4) is 0 Å². The number of benzene rings is 1. The van der Waals surface area contributed by atoms with Gasteiger partial charge >= 0.3 is 6.18 Å². The summed E-state index contributed by atoms with van der Waals surface area (Å²) in [6.45, 7) is 2.97. The molecule has 152 valence electrons. The van der Waals surface area contributed by atoms with Crippen LogP contribution >= 0.6 is 0 Å². The van der Waals surface area contributed by atoms with Crippen molar-refractivity contribution >= 4 is 11.7 Å². The first kappa shape index (κ1) is 19.4. The summed E-state index contributed by atoms with van der Waals surface area (Å²) in [6, 6.07) is 8.87. The molecule has 1 aromatic carbocycles. The van der Waals surface area contributed by atoms with E-state index in [4.69, 9.17) is 0 Å². The molecule has 0 aliphatic carbocycles. The van der Waals surface area contributed by atoms with Crippen LogP contribution in [0.15, 0.2) is 36.7 Å². The van der Waals surface area contributed by atoms with E-state index in [1.807, 2.05) is 31.2 Å². The molecule has 0 spiro atoms. The smallest absolute Gasteiger partial charge is 0.342 e. The molecule has 4 rings (SSSR count). The standard InChI is InChI=1S/C20H20F3N5O/c1-13-3-2-4-14(9-13)10-18(29)27-7-5-15(6-8-27)16-11-17(20(21,22)23)28-19(26-16)24-12-25-28/h2-4,9,11-12,15H,5-8,10H2,1H3. The van der Waals surface area contributed by atoms with Crippen LogP contribution in [0, 0.1) is 6.92 Å². The van der Waals surface area contributed by atoms with Crippen LogP contribution in [0.25, 0.3) is 5.78 Å². The van der Waals surface area contributed by atoms with Gasteiger partial charge in [-0.1, -0.05) is 29.8 Å². The van der Waals surface area contributed by atoms with E-state index in [1.54, 1.807) is 4.90 Å². The Labute approximate surface area is 165 Å². The number of likely N-dealkylation sites (tertiary alicyclic amines) is 1. The highest BCUT2D eigenvalue weighted by Crippen LogP contribution is 2.33. The Kier molecular flexibility index (Phi) is 4.97. The van der Waals surface area contributed by atoms with Crippen molar-refractivity contribution in [2.75, 3.05) is 13.1 Å². The van der Waals surface area contributed by atoms with E-state index in [9.17, 15) is 18.0 Å². The first-order chi connectivity index (χ1) is 13.8. The van der Waals surface area contributed by atoms with Gasteiger partial charge in [0.1, 0.15) is 6.33 Å². The number of hydrogen-bond donors (Lipinski definition) is 0. The predicted octanol–water partition coefficient (Wildman–Crippen LogP) is 3.40. The molecule has 1 aliphatic heterocycles. The van der Waals surface area contributed by atoms with Crippen LogP contribution in [-0.2, 0) is 17.4 Å². The average molecular weight is 403 g/mol. The largest absolute Gasteiger partial charge is 0.433 e. The Hall–Kier alpha value is -2.97. The number of fused-ring (bicyclic) bond motifs is 1. The predicted molar refractivity (Wildman–Crippen MR) is 99.2 cm³/mol. The number of aromatic nitrogens is 4. The number of alkyl halides is 3. The molecule has 0 atom stereocenters. The fraction of sp³-hybridized carbons (Fsp3) is 0.400. The fourth-order valence-electron chi connectivity index (χ4n) is 3.77. The first-order valence-corrected chi connectivity index (χ1v) is 9.42. The van der Waals surface area contributed by atoms with Crippen molar-refractivity contribution in [3.8, 4) is 0 Å². The van der Waals surface area contributed by atoms with Gasteiger partial charge in [-0.15, -0.1) is 0 Å². The third-order valence-corrected chi connectivity index (χ3v) is 5.27. The van der Waals surface area contributed by atoms with E-state index in [0.717, 1.165) is 23.5 Å². The summed E-state index contributed by atoms with van der Waals surface area (Å²) in [5.41, 5.74) is 1.53. The molecule has 0 unspecified atom stereocenters. The summed E-state index contributed by atoms with van der Waals surface area (Å²) in [7, 11) is 0. The first-order valence-electron chi connectivity index (χ1n) is 9.42. The molecule has 1 aliphatic rings. The van der Waals surface area contributed by atoms with Crippen molar-refractivity contribution < 1.29 is 18.0 Å². The summed E-state index contributed by atoms with van der Waals surface area (Å²) in [5, 5.41) is 3.62. The molecule has 3 aromatic rings. The minimum Gasteiger partial charge on any atom is -0.342 e. The molecular weight excluding hydrogens is 383 g/mol. The molecule has 0 bridgehead atoms. The molecule has 1 amide bonds. The summed E-state index contributed by atoms with van der Waals surface area (Å²) in [6.07, 6.45) is -2.03. The van der Waals surface area contributed by atoms with Crippen molar-refractivity contribution in [3.05, 3.63) is 59.2 Å². The Morgan fingerprint density at radius 3 is 2.66 bits per heavy atom. The second-order valence-electron chi connectivity index (χ2n) is 7.36. The number of halogens is 3. The number of carbonyl (C=O) groups excluding carboxylic acids is 1. The van der Waals surface area contributed by atoms with Crippen molar-refractivity contribution in [3.63, 3.8) is 0 Å². The molecule has 0 N–H and O–H groups in total. The lowest BCUT2D eigenvalue weighted by molar-refractivity contribution is -0.142. The van der Waals surface area contributed by atoms with Gasteiger partial charge in [0, 0.05) is 24.7 Å². The lowest BCUT2D eigenvalue weighted by Gasteiger charge is -2.32. The average Bonchev–Trinajstić information content (AvgIpc) is 3.15. The van der Waals surface area contributed by atoms with Crippen LogP contribution in [0.4, 0.5) is 13.2 Å².